The quantitative estimate of drug-likeness (QED) is 0.759. The second-order valence-electron chi connectivity index (χ2n) is 2.44. The standard InChI is InChI=1S/C9H5BrO3/c10-8-2-1-7(13-8)9(11)6-3-4-12-5-6/h1-5H. The van der Waals surface area contributed by atoms with Crippen LogP contribution in [0.3, 0.4) is 0 Å². The minimum atomic E-state index is -0.181. The van der Waals surface area contributed by atoms with Crippen LogP contribution in [0.25, 0.3) is 0 Å². The lowest BCUT2D eigenvalue weighted by Gasteiger charge is -1.89. The highest BCUT2D eigenvalue weighted by molar-refractivity contribution is 9.10. The summed E-state index contributed by atoms with van der Waals surface area (Å²) >= 11 is 3.12. The van der Waals surface area contributed by atoms with Crippen LogP contribution in [-0.4, -0.2) is 5.78 Å². The molecule has 0 fully saturated rings. The molecule has 0 saturated heterocycles. The third kappa shape index (κ3) is 1.58. The Bertz CT molecular complexity index is 414. The van der Waals surface area contributed by atoms with Crippen molar-refractivity contribution < 1.29 is 13.6 Å². The lowest BCUT2D eigenvalue weighted by molar-refractivity contribution is 0.101. The maximum absolute atomic E-state index is 11.5. The van der Waals surface area contributed by atoms with Crippen molar-refractivity contribution in [1.82, 2.24) is 0 Å². The van der Waals surface area contributed by atoms with E-state index in [0.717, 1.165) is 0 Å². The van der Waals surface area contributed by atoms with Crippen LogP contribution in [0.1, 0.15) is 16.1 Å². The molecule has 0 aliphatic rings. The van der Waals surface area contributed by atoms with Gasteiger partial charge in [0.25, 0.3) is 0 Å². The highest BCUT2D eigenvalue weighted by atomic mass is 79.9. The molecular formula is C9H5BrO3. The predicted molar refractivity (Wildman–Crippen MR) is 48.5 cm³/mol. The molecule has 2 heterocycles. The van der Waals surface area contributed by atoms with Crippen molar-refractivity contribution in [2.75, 3.05) is 0 Å². The van der Waals surface area contributed by atoms with Gasteiger partial charge < -0.3 is 8.83 Å². The van der Waals surface area contributed by atoms with Crippen molar-refractivity contribution in [3.8, 4) is 0 Å². The Morgan fingerprint density at radius 2 is 2.15 bits per heavy atom. The predicted octanol–water partition coefficient (Wildman–Crippen LogP) is 2.87. The first-order valence-corrected chi connectivity index (χ1v) is 4.39. The van der Waals surface area contributed by atoms with Gasteiger partial charge >= 0.3 is 0 Å². The molecule has 0 radical (unpaired) electrons. The SMILES string of the molecule is O=C(c1ccoc1)c1ccc(Br)o1. The third-order valence-corrected chi connectivity index (χ3v) is 2.01. The minimum Gasteiger partial charge on any atom is -0.472 e. The second kappa shape index (κ2) is 3.22. The van der Waals surface area contributed by atoms with Gasteiger partial charge in [-0.1, -0.05) is 0 Å². The second-order valence-corrected chi connectivity index (χ2v) is 3.23. The topological polar surface area (TPSA) is 43.4 Å². The van der Waals surface area contributed by atoms with Crippen molar-refractivity contribution in [1.29, 1.82) is 0 Å². The molecular weight excluding hydrogens is 236 g/mol. The fraction of sp³-hybridized carbons (Fsp3) is 0. The Morgan fingerprint density at radius 3 is 2.69 bits per heavy atom. The van der Waals surface area contributed by atoms with Gasteiger partial charge in [-0.15, -0.1) is 0 Å². The van der Waals surface area contributed by atoms with E-state index in [2.05, 4.69) is 15.9 Å². The molecule has 3 nitrogen and oxygen atoms in total. The van der Waals surface area contributed by atoms with Crippen LogP contribution < -0.4 is 0 Å². The van der Waals surface area contributed by atoms with Gasteiger partial charge in [0, 0.05) is 0 Å². The highest BCUT2D eigenvalue weighted by Gasteiger charge is 2.13. The van der Waals surface area contributed by atoms with Crippen LogP contribution in [0.4, 0.5) is 0 Å². The number of hydrogen-bond donors (Lipinski definition) is 0. The van der Waals surface area contributed by atoms with Gasteiger partial charge in [-0.05, 0) is 34.1 Å². The number of halogens is 1. The van der Waals surface area contributed by atoms with Crippen LogP contribution in [0.2, 0.25) is 0 Å². The van der Waals surface area contributed by atoms with E-state index in [9.17, 15) is 4.79 Å². The molecule has 0 bridgehead atoms. The molecule has 0 amide bonds. The van der Waals surface area contributed by atoms with Crippen LogP contribution in [0.5, 0.6) is 0 Å². The van der Waals surface area contributed by atoms with Gasteiger partial charge in [-0.3, -0.25) is 4.79 Å². The maximum atomic E-state index is 11.5. The Labute approximate surface area is 82.5 Å². The largest absolute Gasteiger partial charge is 0.472 e. The van der Waals surface area contributed by atoms with Crippen molar-refractivity contribution in [2.45, 2.75) is 0 Å². The summed E-state index contributed by atoms with van der Waals surface area (Å²) in [7, 11) is 0. The molecule has 0 aliphatic carbocycles. The summed E-state index contributed by atoms with van der Waals surface area (Å²) in [5.74, 6) is 0.118. The monoisotopic (exact) mass is 240 g/mol. The van der Waals surface area contributed by atoms with Crippen LogP contribution >= 0.6 is 15.9 Å². The number of rotatable bonds is 2. The molecule has 13 heavy (non-hydrogen) atoms. The maximum Gasteiger partial charge on any atom is 0.231 e. The molecule has 0 atom stereocenters. The van der Waals surface area contributed by atoms with Crippen molar-refractivity contribution in [3.63, 3.8) is 0 Å². The van der Waals surface area contributed by atoms with E-state index in [1.165, 1.54) is 12.5 Å². The molecule has 0 N–H and O–H groups in total. The van der Waals surface area contributed by atoms with E-state index in [1.54, 1.807) is 18.2 Å². The van der Waals surface area contributed by atoms with Crippen LogP contribution in [0.15, 0.2) is 44.2 Å². The summed E-state index contributed by atoms with van der Waals surface area (Å²) in [6, 6.07) is 4.88. The Balaban J connectivity index is 2.33. The molecule has 66 valence electrons. The number of carbonyl (C=O) groups is 1. The van der Waals surface area contributed by atoms with Crippen LogP contribution in [-0.2, 0) is 0 Å². The first kappa shape index (κ1) is 8.31. The number of ketones is 1. The number of carbonyl (C=O) groups excluding carboxylic acids is 1. The van der Waals surface area contributed by atoms with E-state index in [-0.39, 0.29) is 5.78 Å². The lowest BCUT2D eigenvalue weighted by atomic mass is 10.2. The van der Waals surface area contributed by atoms with Crippen molar-refractivity contribution >= 4 is 21.7 Å². The molecule has 0 saturated carbocycles. The van der Waals surface area contributed by atoms with Crippen molar-refractivity contribution in [3.05, 3.63) is 46.7 Å². The fourth-order valence-corrected chi connectivity index (χ4v) is 1.28. The molecule has 0 aliphatic heterocycles. The number of furan rings is 2. The van der Waals surface area contributed by atoms with E-state index in [4.69, 9.17) is 8.83 Å². The molecule has 2 aromatic heterocycles. The zero-order valence-corrected chi connectivity index (χ0v) is 8.08. The first-order chi connectivity index (χ1) is 6.27. The molecule has 0 spiro atoms. The minimum absolute atomic E-state index is 0.181. The van der Waals surface area contributed by atoms with Gasteiger partial charge in [0.1, 0.15) is 6.26 Å². The smallest absolute Gasteiger partial charge is 0.231 e. The van der Waals surface area contributed by atoms with Gasteiger partial charge in [0.2, 0.25) is 5.78 Å². The molecule has 4 heteroatoms. The summed E-state index contributed by atoms with van der Waals surface area (Å²) in [5, 5.41) is 0. The first-order valence-electron chi connectivity index (χ1n) is 3.59. The highest BCUT2D eigenvalue weighted by Crippen LogP contribution is 2.17. The summed E-state index contributed by atoms with van der Waals surface area (Å²) in [6.07, 6.45) is 2.84. The van der Waals surface area contributed by atoms with Gasteiger partial charge in [0.15, 0.2) is 10.4 Å². The van der Waals surface area contributed by atoms with E-state index >= 15 is 0 Å². The van der Waals surface area contributed by atoms with Crippen molar-refractivity contribution in [2.24, 2.45) is 0 Å². The average molecular weight is 241 g/mol. The summed E-state index contributed by atoms with van der Waals surface area (Å²) in [5.41, 5.74) is 0.488. The zero-order valence-electron chi connectivity index (χ0n) is 6.49. The third-order valence-electron chi connectivity index (χ3n) is 1.58. The molecule has 0 unspecified atom stereocenters. The Hall–Kier alpha value is -1.29. The van der Waals surface area contributed by atoms with E-state index in [1.807, 2.05) is 0 Å². The van der Waals surface area contributed by atoms with E-state index < -0.39 is 0 Å². The summed E-state index contributed by atoms with van der Waals surface area (Å²) in [4.78, 5) is 11.5. The van der Waals surface area contributed by atoms with Gasteiger partial charge in [-0.25, -0.2) is 0 Å². The average Bonchev–Trinajstić information content (AvgIpc) is 2.72. The van der Waals surface area contributed by atoms with Gasteiger partial charge in [-0.2, -0.15) is 0 Å². The Kier molecular flexibility index (Phi) is 2.06. The fourth-order valence-electron chi connectivity index (χ4n) is 0.972. The van der Waals surface area contributed by atoms with E-state index in [0.29, 0.717) is 16.0 Å². The molecule has 2 rings (SSSR count). The molecule has 0 aromatic carbocycles. The Morgan fingerprint density at radius 1 is 1.31 bits per heavy atom. The number of hydrogen-bond acceptors (Lipinski definition) is 3. The summed E-state index contributed by atoms with van der Waals surface area (Å²) in [6.45, 7) is 0. The summed E-state index contributed by atoms with van der Waals surface area (Å²) < 4.78 is 10.4. The normalized spacial score (nSPS) is 10.2. The van der Waals surface area contributed by atoms with Crippen LogP contribution in [0, 0.1) is 0 Å². The van der Waals surface area contributed by atoms with Gasteiger partial charge in [0.05, 0.1) is 11.8 Å². The molecule has 2 aromatic rings. The zero-order chi connectivity index (χ0) is 9.26. The lowest BCUT2D eigenvalue weighted by Crippen LogP contribution is -1.96.